The molecule has 0 unspecified atom stereocenters. The molecule has 8 heteroatoms. The van der Waals surface area contributed by atoms with Crippen molar-refractivity contribution < 1.29 is 17.9 Å². The standard InChI is InChI=1S/C25H31N3O4S/c29-25(27-19-17-26(18-20-27)14-6-9-22-7-2-1-3-8-22)21-32-23-10-12-24(13-11-23)33(30,31)28-15-4-5-16-28/h1-3,6-13H,4-5,14-21H2/b9-6+. The van der Waals surface area contributed by atoms with Crippen molar-refractivity contribution >= 4 is 22.0 Å². The van der Waals surface area contributed by atoms with Crippen molar-refractivity contribution in [2.24, 2.45) is 0 Å². The second-order valence-corrected chi connectivity index (χ2v) is 10.3. The molecule has 2 aliphatic rings. The maximum Gasteiger partial charge on any atom is 0.260 e. The molecule has 0 bridgehead atoms. The summed E-state index contributed by atoms with van der Waals surface area (Å²) >= 11 is 0. The van der Waals surface area contributed by atoms with E-state index in [2.05, 4.69) is 29.2 Å². The van der Waals surface area contributed by atoms with E-state index in [9.17, 15) is 13.2 Å². The minimum atomic E-state index is -3.44. The number of ether oxygens (including phenoxy) is 1. The summed E-state index contributed by atoms with van der Waals surface area (Å²) in [5.74, 6) is 0.441. The number of sulfonamides is 1. The Morgan fingerprint density at radius 2 is 1.55 bits per heavy atom. The van der Waals surface area contributed by atoms with Gasteiger partial charge in [-0.25, -0.2) is 8.42 Å². The van der Waals surface area contributed by atoms with Gasteiger partial charge in [-0.05, 0) is 42.7 Å². The van der Waals surface area contributed by atoms with Crippen LogP contribution < -0.4 is 4.74 Å². The fourth-order valence-electron chi connectivity index (χ4n) is 4.10. The molecule has 2 heterocycles. The molecule has 33 heavy (non-hydrogen) atoms. The number of carbonyl (C=O) groups is 1. The van der Waals surface area contributed by atoms with Crippen LogP contribution in [0.1, 0.15) is 18.4 Å². The van der Waals surface area contributed by atoms with Gasteiger partial charge in [0, 0.05) is 45.8 Å². The Kier molecular flexibility index (Phi) is 7.80. The van der Waals surface area contributed by atoms with Gasteiger partial charge in [0.1, 0.15) is 5.75 Å². The van der Waals surface area contributed by atoms with Crippen molar-refractivity contribution in [2.75, 3.05) is 52.4 Å². The first-order valence-corrected chi connectivity index (χ1v) is 12.9. The highest BCUT2D eigenvalue weighted by atomic mass is 32.2. The van der Waals surface area contributed by atoms with E-state index in [4.69, 9.17) is 4.74 Å². The largest absolute Gasteiger partial charge is 0.484 e. The van der Waals surface area contributed by atoms with Gasteiger partial charge in [-0.2, -0.15) is 4.31 Å². The second-order valence-electron chi connectivity index (χ2n) is 8.37. The van der Waals surface area contributed by atoms with Crippen LogP contribution >= 0.6 is 0 Å². The predicted molar refractivity (Wildman–Crippen MR) is 128 cm³/mol. The molecular formula is C25H31N3O4S. The molecule has 2 saturated heterocycles. The lowest BCUT2D eigenvalue weighted by Crippen LogP contribution is -2.49. The Labute approximate surface area is 196 Å². The summed E-state index contributed by atoms with van der Waals surface area (Å²) in [6, 6.07) is 16.5. The Hall–Kier alpha value is -2.68. The molecular weight excluding hydrogens is 438 g/mol. The third-order valence-electron chi connectivity index (χ3n) is 6.09. The first kappa shape index (κ1) is 23.5. The van der Waals surface area contributed by atoms with E-state index < -0.39 is 10.0 Å². The van der Waals surface area contributed by atoms with Crippen molar-refractivity contribution in [1.29, 1.82) is 0 Å². The number of hydrogen-bond acceptors (Lipinski definition) is 5. The average Bonchev–Trinajstić information content (AvgIpc) is 3.40. The van der Waals surface area contributed by atoms with Crippen LogP contribution in [0.3, 0.4) is 0 Å². The van der Waals surface area contributed by atoms with Crippen molar-refractivity contribution in [3.63, 3.8) is 0 Å². The number of piperazine rings is 1. The van der Waals surface area contributed by atoms with Crippen LogP contribution in [0.5, 0.6) is 5.75 Å². The van der Waals surface area contributed by atoms with Crippen molar-refractivity contribution in [3.05, 3.63) is 66.2 Å². The van der Waals surface area contributed by atoms with Gasteiger partial charge in [0.2, 0.25) is 10.0 Å². The number of rotatable bonds is 8. The highest BCUT2D eigenvalue weighted by molar-refractivity contribution is 7.89. The molecule has 2 aromatic carbocycles. The molecule has 2 fully saturated rings. The van der Waals surface area contributed by atoms with Gasteiger partial charge < -0.3 is 9.64 Å². The third-order valence-corrected chi connectivity index (χ3v) is 8.00. The minimum Gasteiger partial charge on any atom is -0.484 e. The maximum absolute atomic E-state index is 12.6. The molecule has 2 aliphatic heterocycles. The van der Waals surface area contributed by atoms with E-state index >= 15 is 0 Å². The Morgan fingerprint density at radius 1 is 0.879 bits per heavy atom. The maximum atomic E-state index is 12.6. The molecule has 176 valence electrons. The Balaban J connectivity index is 1.20. The van der Waals surface area contributed by atoms with Gasteiger partial charge in [0.05, 0.1) is 4.90 Å². The van der Waals surface area contributed by atoms with Crippen LogP contribution in [0.2, 0.25) is 0 Å². The fourth-order valence-corrected chi connectivity index (χ4v) is 5.62. The minimum absolute atomic E-state index is 0.0495. The molecule has 4 rings (SSSR count). The Morgan fingerprint density at radius 3 is 2.21 bits per heavy atom. The number of nitrogens with zero attached hydrogens (tertiary/aromatic N) is 3. The summed E-state index contributed by atoms with van der Waals surface area (Å²) in [6.07, 6.45) is 6.08. The zero-order valence-corrected chi connectivity index (χ0v) is 19.6. The molecule has 0 spiro atoms. The van der Waals surface area contributed by atoms with Crippen LogP contribution in [0.25, 0.3) is 6.08 Å². The number of hydrogen-bond donors (Lipinski definition) is 0. The van der Waals surface area contributed by atoms with Crippen molar-refractivity contribution in [2.45, 2.75) is 17.7 Å². The van der Waals surface area contributed by atoms with Crippen LogP contribution in [0.15, 0.2) is 65.6 Å². The fraction of sp³-hybridized carbons (Fsp3) is 0.400. The van der Waals surface area contributed by atoms with E-state index in [0.717, 1.165) is 32.5 Å². The van der Waals surface area contributed by atoms with E-state index in [1.165, 1.54) is 9.87 Å². The van der Waals surface area contributed by atoms with Gasteiger partial charge in [0.15, 0.2) is 6.61 Å². The molecule has 2 aromatic rings. The lowest BCUT2D eigenvalue weighted by atomic mass is 10.2. The first-order chi connectivity index (χ1) is 16.0. The zero-order chi connectivity index (χ0) is 23.1. The number of benzene rings is 2. The summed E-state index contributed by atoms with van der Waals surface area (Å²) < 4.78 is 32.3. The van der Waals surface area contributed by atoms with E-state index in [1.807, 2.05) is 23.1 Å². The van der Waals surface area contributed by atoms with Crippen LogP contribution in [-0.2, 0) is 14.8 Å². The highest BCUT2D eigenvalue weighted by Gasteiger charge is 2.27. The zero-order valence-electron chi connectivity index (χ0n) is 18.8. The quantitative estimate of drug-likeness (QED) is 0.595. The smallest absolute Gasteiger partial charge is 0.260 e. The van der Waals surface area contributed by atoms with E-state index in [1.54, 1.807) is 24.3 Å². The molecule has 0 N–H and O–H groups in total. The van der Waals surface area contributed by atoms with Gasteiger partial charge in [-0.15, -0.1) is 0 Å². The summed E-state index contributed by atoms with van der Waals surface area (Å²) in [6.45, 7) is 4.97. The van der Waals surface area contributed by atoms with Crippen molar-refractivity contribution in [3.8, 4) is 5.75 Å². The molecule has 0 aliphatic carbocycles. The summed E-state index contributed by atoms with van der Waals surface area (Å²) in [4.78, 5) is 17.0. The highest BCUT2D eigenvalue weighted by Crippen LogP contribution is 2.23. The molecule has 0 atom stereocenters. The molecule has 0 aromatic heterocycles. The summed E-state index contributed by atoms with van der Waals surface area (Å²) in [5.41, 5.74) is 1.19. The third kappa shape index (κ3) is 6.22. The monoisotopic (exact) mass is 469 g/mol. The van der Waals surface area contributed by atoms with Crippen LogP contribution in [0, 0.1) is 0 Å². The van der Waals surface area contributed by atoms with Gasteiger partial charge >= 0.3 is 0 Å². The second kappa shape index (κ2) is 11.0. The lowest BCUT2D eigenvalue weighted by molar-refractivity contribution is -0.135. The van der Waals surface area contributed by atoms with Crippen molar-refractivity contribution in [1.82, 2.24) is 14.1 Å². The van der Waals surface area contributed by atoms with E-state index in [0.29, 0.717) is 31.9 Å². The number of amides is 1. The van der Waals surface area contributed by atoms with E-state index in [-0.39, 0.29) is 17.4 Å². The SMILES string of the molecule is O=C(COc1ccc(S(=O)(=O)N2CCCC2)cc1)N1CCN(C/C=C/c2ccccc2)CC1. The van der Waals surface area contributed by atoms with Gasteiger partial charge in [0.25, 0.3) is 5.91 Å². The number of carbonyl (C=O) groups excluding carboxylic acids is 1. The van der Waals surface area contributed by atoms with Gasteiger partial charge in [-0.1, -0.05) is 42.5 Å². The van der Waals surface area contributed by atoms with Crippen LogP contribution in [-0.4, -0.2) is 80.9 Å². The summed E-state index contributed by atoms with van der Waals surface area (Å²) in [7, 11) is -3.44. The van der Waals surface area contributed by atoms with Crippen LogP contribution in [0.4, 0.5) is 0 Å². The topological polar surface area (TPSA) is 70.2 Å². The summed E-state index contributed by atoms with van der Waals surface area (Å²) in [5, 5.41) is 0. The average molecular weight is 470 g/mol. The molecule has 0 radical (unpaired) electrons. The molecule has 1 amide bonds. The first-order valence-electron chi connectivity index (χ1n) is 11.5. The Bertz CT molecular complexity index is 1040. The normalized spacial score (nSPS) is 18.1. The lowest BCUT2D eigenvalue weighted by Gasteiger charge is -2.34. The van der Waals surface area contributed by atoms with Gasteiger partial charge in [-0.3, -0.25) is 9.69 Å². The predicted octanol–water partition coefficient (Wildman–Crippen LogP) is 2.71. The molecule has 0 saturated carbocycles. The molecule has 7 nitrogen and oxygen atoms in total.